The molecule has 0 saturated carbocycles. The van der Waals surface area contributed by atoms with E-state index in [0.29, 0.717) is 0 Å². The molecule has 0 aliphatic carbocycles. The Bertz CT molecular complexity index is 598. The predicted molar refractivity (Wildman–Crippen MR) is 92.8 cm³/mol. The van der Waals surface area contributed by atoms with Crippen LogP contribution in [0.3, 0.4) is 0 Å². The zero-order valence-corrected chi connectivity index (χ0v) is 13.8. The van der Waals surface area contributed by atoms with Gasteiger partial charge in [0, 0.05) is 4.90 Å². The number of hydrogen-bond donors (Lipinski definition) is 2. The normalized spacial score (nSPS) is 13.4. The van der Waals surface area contributed by atoms with Gasteiger partial charge in [-0.3, -0.25) is 4.79 Å². The van der Waals surface area contributed by atoms with Crippen molar-refractivity contribution in [2.24, 2.45) is 5.73 Å². The minimum Gasteiger partial charge on any atom is -0.348 e. The van der Waals surface area contributed by atoms with E-state index in [1.165, 1.54) is 4.90 Å². The SMILES string of the molecule is CCSc1ccc(C(C)NC(=O)C(N)c2ccccc2)cc1. The standard InChI is InChI=1S/C18H22N2OS/c1-3-22-16-11-9-14(10-12-16)13(2)20-18(21)17(19)15-7-5-4-6-8-15/h4-13,17H,3,19H2,1-2H3,(H,20,21). The molecule has 2 atom stereocenters. The van der Waals surface area contributed by atoms with Gasteiger partial charge in [0.05, 0.1) is 6.04 Å². The number of carbonyl (C=O) groups is 1. The van der Waals surface area contributed by atoms with Gasteiger partial charge in [0.2, 0.25) is 5.91 Å². The first-order valence-corrected chi connectivity index (χ1v) is 8.44. The molecule has 1 amide bonds. The van der Waals surface area contributed by atoms with Gasteiger partial charge in [-0.05, 0) is 35.9 Å². The van der Waals surface area contributed by atoms with Crippen LogP contribution in [-0.4, -0.2) is 11.7 Å². The fourth-order valence-corrected chi connectivity index (χ4v) is 2.88. The van der Waals surface area contributed by atoms with E-state index >= 15 is 0 Å². The topological polar surface area (TPSA) is 55.1 Å². The predicted octanol–water partition coefficient (Wildman–Crippen LogP) is 3.68. The average Bonchev–Trinajstić information content (AvgIpc) is 2.55. The van der Waals surface area contributed by atoms with Crippen molar-refractivity contribution >= 4 is 17.7 Å². The number of hydrogen-bond acceptors (Lipinski definition) is 3. The second-order valence-electron chi connectivity index (χ2n) is 5.12. The van der Waals surface area contributed by atoms with Gasteiger partial charge in [-0.15, -0.1) is 11.8 Å². The maximum atomic E-state index is 12.3. The molecule has 4 heteroatoms. The number of carbonyl (C=O) groups excluding carboxylic acids is 1. The summed E-state index contributed by atoms with van der Waals surface area (Å²) in [7, 11) is 0. The number of rotatable bonds is 6. The molecule has 3 N–H and O–H groups in total. The summed E-state index contributed by atoms with van der Waals surface area (Å²) in [6.07, 6.45) is 0. The van der Waals surface area contributed by atoms with Crippen LogP contribution in [0, 0.1) is 0 Å². The summed E-state index contributed by atoms with van der Waals surface area (Å²) in [4.78, 5) is 13.5. The Morgan fingerprint density at radius 1 is 1.09 bits per heavy atom. The maximum Gasteiger partial charge on any atom is 0.241 e. The van der Waals surface area contributed by atoms with E-state index in [2.05, 4.69) is 36.5 Å². The smallest absolute Gasteiger partial charge is 0.241 e. The van der Waals surface area contributed by atoms with Crippen molar-refractivity contribution in [3.05, 3.63) is 65.7 Å². The van der Waals surface area contributed by atoms with Gasteiger partial charge >= 0.3 is 0 Å². The molecule has 0 saturated heterocycles. The Labute approximate surface area is 136 Å². The van der Waals surface area contributed by atoms with E-state index in [-0.39, 0.29) is 11.9 Å². The largest absolute Gasteiger partial charge is 0.348 e. The molecule has 0 aliphatic rings. The van der Waals surface area contributed by atoms with Gasteiger partial charge in [0.15, 0.2) is 0 Å². The molecule has 0 spiro atoms. The van der Waals surface area contributed by atoms with Crippen molar-refractivity contribution in [3.8, 4) is 0 Å². The maximum absolute atomic E-state index is 12.3. The Kier molecular flexibility index (Phi) is 6.04. The lowest BCUT2D eigenvalue weighted by Gasteiger charge is -2.18. The number of benzene rings is 2. The average molecular weight is 314 g/mol. The summed E-state index contributed by atoms with van der Waals surface area (Å²) in [5, 5.41) is 2.98. The molecule has 2 aromatic rings. The molecule has 2 rings (SSSR count). The summed E-state index contributed by atoms with van der Waals surface area (Å²) in [5.41, 5.74) is 7.91. The van der Waals surface area contributed by atoms with Crippen molar-refractivity contribution in [3.63, 3.8) is 0 Å². The van der Waals surface area contributed by atoms with E-state index in [0.717, 1.165) is 16.9 Å². The van der Waals surface area contributed by atoms with Crippen molar-refractivity contribution in [2.45, 2.75) is 30.8 Å². The van der Waals surface area contributed by atoms with Gasteiger partial charge in [-0.1, -0.05) is 49.4 Å². The zero-order chi connectivity index (χ0) is 15.9. The first kappa shape index (κ1) is 16.6. The van der Waals surface area contributed by atoms with E-state index in [9.17, 15) is 4.79 Å². The fourth-order valence-electron chi connectivity index (χ4n) is 2.22. The quantitative estimate of drug-likeness (QED) is 0.800. The van der Waals surface area contributed by atoms with Crippen LogP contribution in [0.4, 0.5) is 0 Å². The molecule has 3 nitrogen and oxygen atoms in total. The summed E-state index contributed by atoms with van der Waals surface area (Å²) < 4.78 is 0. The van der Waals surface area contributed by atoms with Crippen molar-refractivity contribution < 1.29 is 4.79 Å². The third-order valence-electron chi connectivity index (χ3n) is 3.49. The van der Waals surface area contributed by atoms with Crippen molar-refractivity contribution in [2.75, 3.05) is 5.75 Å². The third-order valence-corrected chi connectivity index (χ3v) is 4.39. The van der Waals surface area contributed by atoms with E-state index < -0.39 is 6.04 Å². The lowest BCUT2D eigenvalue weighted by atomic mass is 10.1. The molecule has 0 heterocycles. The molecule has 0 aromatic heterocycles. The van der Waals surface area contributed by atoms with Crippen LogP contribution in [0.2, 0.25) is 0 Å². The van der Waals surface area contributed by atoms with Crippen LogP contribution in [0.5, 0.6) is 0 Å². The molecule has 2 aromatic carbocycles. The van der Waals surface area contributed by atoms with Crippen LogP contribution in [0.15, 0.2) is 59.5 Å². The van der Waals surface area contributed by atoms with Crippen LogP contribution >= 0.6 is 11.8 Å². The highest BCUT2D eigenvalue weighted by Gasteiger charge is 2.18. The molecule has 0 bridgehead atoms. The summed E-state index contributed by atoms with van der Waals surface area (Å²) in [6.45, 7) is 4.10. The molecule has 0 aliphatic heterocycles. The minimum absolute atomic E-state index is 0.0667. The van der Waals surface area contributed by atoms with Gasteiger partial charge in [-0.25, -0.2) is 0 Å². The van der Waals surface area contributed by atoms with Crippen LogP contribution in [0.25, 0.3) is 0 Å². The summed E-state index contributed by atoms with van der Waals surface area (Å²) in [5.74, 6) is 0.892. The lowest BCUT2D eigenvalue weighted by Crippen LogP contribution is -2.35. The van der Waals surface area contributed by atoms with Gasteiger partial charge in [-0.2, -0.15) is 0 Å². The summed E-state index contributed by atoms with van der Waals surface area (Å²) in [6, 6.07) is 17.0. The molecule has 22 heavy (non-hydrogen) atoms. The highest BCUT2D eigenvalue weighted by molar-refractivity contribution is 7.99. The van der Waals surface area contributed by atoms with Crippen LogP contribution in [0.1, 0.15) is 37.1 Å². The van der Waals surface area contributed by atoms with Gasteiger partial charge in [0.25, 0.3) is 0 Å². The highest BCUT2D eigenvalue weighted by Crippen LogP contribution is 2.21. The van der Waals surface area contributed by atoms with Crippen molar-refractivity contribution in [1.29, 1.82) is 0 Å². The second kappa shape index (κ2) is 8.01. The first-order valence-electron chi connectivity index (χ1n) is 7.45. The number of nitrogens with one attached hydrogen (secondary N) is 1. The molecule has 116 valence electrons. The molecule has 0 radical (unpaired) electrons. The van der Waals surface area contributed by atoms with E-state index in [1.54, 1.807) is 11.8 Å². The Morgan fingerprint density at radius 2 is 1.73 bits per heavy atom. The minimum atomic E-state index is -0.640. The Hall–Kier alpha value is -1.78. The summed E-state index contributed by atoms with van der Waals surface area (Å²) >= 11 is 1.80. The molecular weight excluding hydrogens is 292 g/mol. The lowest BCUT2D eigenvalue weighted by molar-refractivity contribution is -0.123. The third kappa shape index (κ3) is 4.36. The van der Waals surface area contributed by atoms with E-state index in [1.807, 2.05) is 37.3 Å². The second-order valence-corrected chi connectivity index (χ2v) is 6.46. The monoisotopic (exact) mass is 314 g/mol. The zero-order valence-electron chi connectivity index (χ0n) is 13.0. The Morgan fingerprint density at radius 3 is 2.32 bits per heavy atom. The molecule has 2 unspecified atom stereocenters. The molecular formula is C18H22N2OS. The van der Waals surface area contributed by atoms with Crippen LogP contribution in [-0.2, 0) is 4.79 Å². The van der Waals surface area contributed by atoms with Gasteiger partial charge in [0.1, 0.15) is 6.04 Å². The molecule has 0 fully saturated rings. The fraction of sp³-hybridized carbons (Fsp3) is 0.278. The first-order chi connectivity index (χ1) is 10.6. The number of amides is 1. The van der Waals surface area contributed by atoms with Gasteiger partial charge < -0.3 is 11.1 Å². The van der Waals surface area contributed by atoms with E-state index in [4.69, 9.17) is 5.73 Å². The Balaban J connectivity index is 1.98. The van der Waals surface area contributed by atoms with Crippen LogP contribution < -0.4 is 11.1 Å². The number of nitrogens with two attached hydrogens (primary N) is 1. The highest BCUT2D eigenvalue weighted by atomic mass is 32.2. The number of thioether (sulfide) groups is 1. The van der Waals surface area contributed by atoms with Crippen molar-refractivity contribution in [1.82, 2.24) is 5.32 Å².